The minimum absolute atomic E-state index is 0.202. The molecule has 9 heteroatoms. The third-order valence-corrected chi connectivity index (χ3v) is 5.69. The average molecular weight is 441 g/mol. The van der Waals surface area contributed by atoms with Gasteiger partial charge in [-0.15, -0.1) is 0 Å². The first kappa shape index (κ1) is 22.8. The zero-order chi connectivity index (χ0) is 21.6. The number of sulfonamides is 1. The average Bonchev–Trinajstić information content (AvgIpc) is 2.67. The second-order valence-electron chi connectivity index (χ2n) is 6.46. The number of hydrogen-bond acceptors (Lipinski definition) is 5. The van der Waals surface area contributed by atoms with Crippen molar-refractivity contribution in [1.82, 2.24) is 5.32 Å². The number of halogens is 1. The summed E-state index contributed by atoms with van der Waals surface area (Å²) in [5, 5.41) is 3.09. The fourth-order valence-corrected chi connectivity index (χ4v) is 4.21. The van der Waals surface area contributed by atoms with Crippen LogP contribution in [0.5, 0.6) is 11.5 Å². The third-order valence-electron chi connectivity index (χ3n) is 4.23. The highest BCUT2D eigenvalue weighted by Gasteiger charge is 2.30. The first-order chi connectivity index (χ1) is 13.6. The van der Waals surface area contributed by atoms with Crippen molar-refractivity contribution in [3.05, 3.63) is 53.1 Å². The van der Waals surface area contributed by atoms with E-state index in [1.807, 2.05) is 12.1 Å². The normalized spacial score (nSPS) is 12.2. The second kappa shape index (κ2) is 9.84. The quantitative estimate of drug-likeness (QED) is 0.606. The molecule has 0 aliphatic carbocycles. The number of benzene rings is 2. The highest BCUT2D eigenvalue weighted by Crippen LogP contribution is 2.28. The summed E-state index contributed by atoms with van der Waals surface area (Å²) in [5.74, 6) is 0.704. The molecule has 1 atom stereocenters. The number of nitrogens with one attached hydrogen (secondary N) is 1. The van der Waals surface area contributed by atoms with Crippen molar-refractivity contribution in [3.63, 3.8) is 0 Å². The lowest BCUT2D eigenvalue weighted by molar-refractivity contribution is -0.121. The van der Waals surface area contributed by atoms with Gasteiger partial charge in [0.15, 0.2) is 11.5 Å². The zero-order valence-electron chi connectivity index (χ0n) is 16.8. The van der Waals surface area contributed by atoms with Crippen LogP contribution in [0.15, 0.2) is 42.5 Å². The zero-order valence-corrected chi connectivity index (χ0v) is 18.4. The monoisotopic (exact) mass is 440 g/mol. The van der Waals surface area contributed by atoms with E-state index in [0.717, 1.165) is 10.6 Å². The highest BCUT2D eigenvalue weighted by molar-refractivity contribution is 7.92. The molecule has 1 N–H and O–H groups in total. The number of amides is 1. The van der Waals surface area contributed by atoms with Gasteiger partial charge in [-0.25, -0.2) is 8.42 Å². The first-order valence-corrected chi connectivity index (χ1v) is 11.2. The van der Waals surface area contributed by atoms with E-state index >= 15 is 0 Å². The molecule has 0 fully saturated rings. The Hall–Kier alpha value is -2.45. The van der Waals surface area contributed by atoms with Gasteiger partial charge >= 0.3 is 0 Å². The maximum Gasteiger partial charge on any atom is 0.243 e. The fraction of sp³-hybridized carbons (Fsp3) is 0.350. The van der Waals surface area contributed by atoms with Gasteiger partial charge in [0.2, 0.25) is 15.9 Å². The third kappa shape index (κ3) is 6.01. The van der Waals surface area contributed by atoms with E-state index in [4.69, 9.17) is 21.1 Å². The van der Waals surface area contributed by atoms with Crippen molar-refractivity contribution in [2.75, 3.05) is 30.8 Å². The van der Waals surface area contributed by atoms with Crippen LogP contribution in [0.2, 0.25) is 5.02 Å². The Morgan fingerprint density at radius 3 is 2.48 bits per heavy atom. The maximum absolute atomic E-state index is 12.6. The van der Waals surface area contributed by atoms with Gasteiger partial charge in [-0.2, -0.15) is 0 Å². The van der Waals surface area contributed by atoms with Crippen molar-refractivity contribution < 1.29 is 22.7 Å². The molecule has 2 aromatic rings. The Kier molecular flexibility index (Phi) is 7.75. The predicted molar refractivity (Wildman–Crippen MR) is 114 cm³/mol. The molecule has 7 nitrogen and oxygen atoms in total. The molecule has 1 amide bonds. The van der Waals surface area contributed by atoms with E-state index in [2.05, 4.69) is 5.32 Å². The SMILES string of the molecule is COc1ccccc1OCCNC(=O)[C@@H](C)N(c1cc(Cl)ccc1C)S(C)(=O)=O. The molecule has 0 aliphatic heterocycles. The van der Waals surface area contributed by atoms with E-state index in [1.54, 1.807) is 38.3 Å². The predicted octanol–water partition coefficient (Wildman–Crippen LogP) is 3.01. The van der Waals surface area contributed by atoms with Gasteiger partial charge in [0.05, 0.1) is 25.6 Å². The van der Waals surface area contributed by atoms with Gasteiger partial charge in [0, 0.05) is 5.02 Å². The lowest BCUT2D eigenvalue weighted by atomic mass is 10.2. The molecular formula is C20H25ClN2O5S. The summed E-state index contributed by atoms with van der Waals surface area (Å²) in [7, 11) is -2.17. The van der Waals surface area contributed by atoms with E-state index in [9.17, 15) is 13.2 Å². The molecule has 0 aromatic heterocycles. The number of carbonyl (C=O) groups is 1. The molecule has 2 aromatic carbocycles. The molecule has 0 aliphatic rings. The lowest BCUT2D eigenvalue weighted by Crippen LogP contribution is -2.48. The number of anilines is 1. The largest absolute Gasteiger partial charge is 0.493 e. The second-order valence-corrected chi connectivity index (χ2v) is 8.75. The number of rotatable bonds is 9. The Morgan fingerprint density at radius 1 is 1.21 bits per heavy atom. The van der Waals surface area contributed by atoms with Crippen molar-refractivity contribution >= 4 is 33.2 Å². The van der Waals surface area contributed by atoms with E-state index in [1.165, 1.54) is 13.0 Å². The minimum Gasteiger partial charge on any atom is -0.493 e. The topological polar surface area (TPSA) is 84.9 Å². The van der Waals surface area contributed by atoms with Crippen LogP contribution in [0.4, 0.5) is 5.69 Å². The fourth-order valence-electron chi connectivity index (χ4n) is 2.82. The summed E-state index contributed by atoms with van der Waals surface area (Å²) in [5.41, 5.74) is 1.06. The number of nitrogens with zero attached hydrogens (tertiary/aromatic N) is 1. The van der Waals surface area contributed by atoms with Crippen molar-refractivity contribution in [2.45, 2.75) is 19.9 Å². The van der Waals surface area contributed by atoms with Crippen molar-refractivity contribution in [3.8, 4) is 11.5 Å². The van der Waals surface area contributed by atoms with Crippen LogP contribution in [-0.2, 0) is 14.8 Å². The van der Waals surface area contributed by atoms with Crippen molar-refractivity contribution in [1.29, 1.82) is 0 Å². The molecule has 0 spiro atoms. The minimum atomic E-state index is -3.72. The van der Waals surface area contributed by atoms with Gasteiger partial charge in [-0.3, -0.25) is 9.10 Å². The number of aryl methyl sites for hydroxylation is 1. The van der Waals surface area contributed by atoms with E-state index in [-0.39, 0.29) is 13.2 Å². The molecule has 0 unspecified atom stereocenters. The summed E-state index contributed by atoms with van der Waals surface area (Å²) in [6.45, 7) is 3.69. The Morgan fingerprint density at radius 2 is 1.86 bits per heavy atom. The molecule has 0 saturated heterocycles. The van der Waals surface area contributed by atoms with Crippen LogP contribution in [0.1, 0.15) is 12.5 Å². The van der Waals surface area contributed by atoms with Crippen LogP contribution < -0.4 is 19.1 Å². The Bertz CT molecular complexity index is 965. The Balaban J connectivity index is 2.05. The van der Waals surface area contributed by atoms with Crippen LogP contribution in [0, 0.1) is 6.92 Å². The number of methoxy groups -OCH3 is 1. The van der Waals surface area contributed by atoms with Crippen LogP contribution in [0.3, 0.4) is 0 Å². The summed E-state index contributed by atoms with van der Waals surface area (Å²) in [4.78, 5) is 12.6. The number of para-hydroxylation sites is 2. The standard InChI is InChI=1S/C20H25ClN2O5S/c1-14-9-10-16(21)13-17(14)23(29(4,25)26)15(2)20(24)22-11-12-28-19-8-6-5-7-18(19)27-3/h5-10,13,15H,11-12H2,1-4H3,(H,22,24)/t15-/m1/s1. The molecule has 2 rings (SSSR count). The van der Waals surface area contributed by atoms with Crippen molar-refractivity contribution in [2.24, 2.45) is 0 Å². The summed E-state index contributed by atoms with van der Waals surface area (Å²) < 4.78 is 36.7. The van der Waals surface area contributed by atoms with Gasteiger partial charge < -0.3 is 14.8 Å². The van der Waals surface area contributed by atoms with E-state index < -0.39 is 22.0 Å². The lowest BCUT2D eigenvalue weighted by Gasteiger charge is -2.29. The van der Waals surface area contributed by atoms with Gasteiger partial charge in [0.1, 0.15) is 12.6 Å². The first-order valence-electron chi connectivity index (χ1n) is 8.94. The van der Waals surface area contributed by atoms with Crippen LogP contribution in [-0.4, -0.2) is 46.9 Å². The molecule has 0 saturated carbocycles. The number of hydrogen-bond donors (Lipinski definition) is 1. The number of ether oxygens (including phenoxy) is 2. The Labute approximate surface area is 176 Å². The van der Waals surface area contributed by atoms with E-state index in [0.29, 0.717) is 27.8 Å². The summed E-state index contributed by atoms with van der Waals surface area (Å²) in [6.07, 6.45) is 1.06. The van der Waals surface area contributed by atoms with Gasteiger partial charge in [-0.1, -0.05) is 29.8 Å². The molecule has 0 radical (unpaired) electrons. The molecule has 29 heavy (non-hydrogen) atoms. The smallest absolute Gasteiger partial charge is 0.243 e. The molecular weight excluding hydrogens is 416 g/mol. The summed E-state index contributed by atoms with van der Waals surface area (Å²) in [6, 6.07) is 11.1. The summed E-state index contributed by atoms with van der Waals surface area (Å²) >= 11 is 6.03. The number of carbonyl (C=O) groups excluding carboxylic acids is 1. The molecule has 158 valence electrons. The van der Waals surface area contributed by atoms with Crippen LogP contribution >= 0.6 is 11.6 Å². The molecule has 0 bridgehead atoms. The van der Waals surface area contributed by atoms with Gasteiger partial charge in [-0.05, 0) is 43.7 Å². The van der Waals surface area contributed by atoms with Gasteiger partial charge in [0.25, 0.3) is 0 Å². The molecule has 0 heterocycles. The van der Waals surface area contributed by atoms with Crippen LogP contribution in [0.25, 0.3) is 0 Å². The highest BCUT2D eigenvalue weighted by atomic mass is 35.5. The maximum atomic E-state index is 12.6.